The number of hydrogen-bond acceptors (Lipinski definition) is 6. The number of hydrogen-bond donors (Lipinski definition) is 4. The van der Waals surface area contributed by atoms with Crippen molar-refractivity contribution in [3.63, 3.8) is 0 Å². The van der Waals surface area contributed by atoms with E-state index in [0.29, 0.717) is 53.4 Å². The summed E-state index contributed by atoms with van der Waals surface area (Å²) in [6.07, 6.45) is 2.26. The molecule has 2 fully saturated rings. The highest BCUT2D eigenvalue weighted by Crippen LogP contribution is 2.37. The van der Waals surface area contributed by atoms with Crippen molar-refractivity contribution in [1.29, 1.82) is 0 Å². The second-order valence-electron chi connectivity index (χ2n) is 10.6. The first-order valence-corrected chi connectivity index (χ1v) is 13.2. The van der Waals surface area contributed by atoms with Gasteiger partial charge >= 0.3 is 0 Å². The highest BCUT2D eigenvalue weighted by atomic mass is 19.1. The first-order valence-electron chi connectivity index (χ1n) is 13.2. The maximum atomic E-state index is 15.0. The monoisotopic (exact) mass is 523 g/mol. The number of H-pyrrole nitrogens is 1. The molecule has 0 saturated heterocycles. The predicted molar refractivity (Wildman–Crippen MR) is 141 cm³/mol. The molecule has 5 rings (SSSR count). The van der Waals surface area contributed by atoms with Gasteiger partial charge in [-0.05, 0) is 64.5 Å². The lowest BCUT2D eigenvalue weighted by Crippen LogP contribution is -2.51. The molecule has 2 aliphatic rings. The molecule has 4 atom stereocenters. The molecule has 2 heterocycles. The second-order valence-corrected chi connectivity index (χ2v) is 10.6. The van der Waals surface area contributed by atoms with Crippen LogP contribution in [0.5, 0.6) is 5.75 Å². The number of carbonyl (C=O) groups is 2. The van der Waals surface area contributed by atoms with Crippen LogP contribution in [0.15, 0.2) is 24.5 Å². The summed E-state index contributed by atoms with van der Waals surface area (Å²) in [7, 11) is 0. The lowest BCUT2D eigenvalue weighted by molar-refractivity contribution is -0.129. The number of aryl methyl sites for hydroxylation is 2. The maximum absolute atomic E-state index is 15.0. The predicted octanol–water partition coefficient (Wildman–Crippen LogP) is 3.52. The van der Waals surface area contributed by atoms with Gasteiger partial charge in [-0.15, -0.1) is 0 Å². The largest absolute Gasteiger partial charge is 0.493 e. The van der Waals surface area contributed by atoms with Crippen molar-refractivity contribution in [3.8, 4) is 17.0 Å². The number of nitrogens with zero attached hydrogens (tertiary/aromatic N) is 2. The Balaban J connectivity index is 1.37. The number of carbonyl (C=O) groups excluding carboxylic acids is 2. The van der Waals surface area contributed by atoms with E-state index >= 15 is 0 Å². The van der Waals surface area contributed by atoms with Crippen molar-refractivity contribution in [2.45, 2.75) is 77.2 Å². The average Bonchev–Trinajstić information content (AvgIpc) is 3.64. The van der Waals surface area contributed by atoms with Crippen LogP contribution in [0.1, 0.15) is 60.6 Å². The number of ether oxygens (including phenoxy) is 1. The smallest absolute Gasteiger partial charge is 0.255 e. The number of aliphatic hydroxyl groups is 1. The van der Waals surface area contributed by atoms with Gasteiger partial charge in [-0.1, -0.05) is 11.6 Å². The third kappa shape index (κ3) is 5.50. The number of benzene rings is 1. The van der Waals surface area contributed by atoms with Gasteiger partial charge in [-0.2, -0.15) is 0 Å². The van der Waals surface area contributed by atoms with Crippen molar-refractivity contribution < 1.29 is 23.8 Å². The Bertz CT molecular complexity index is 1350. The van der Waals surface area contributed by atoms with Crippen molar-refractivity contribution in [1.82, 2.24) is 25.6 Å². The molecule has 4 N–H and O–H groups in total. The van der Waals surface area contributed by atoms with Crippen LogP contribution in [-0.2, 0) is 4.79 Å². The molecule has 38 heavy (non-hydrogen) atoms. The standard InChI is InChI=1S/C28H34FN5O4/c1-14-4-9-22(38-12-17-5-6-17)19(10-14)24-26-25(31-13-30-24)23(15(2)32-26)28(37)34-21-8-7-18(11-20(21)29)33-27(36)16(3)35/h4,9-10,13,16-18,20-21,32,35H,5-8,11-12H2,1-3H3,(H,33,36)(H,34,37)/t16-,18+,20+,21+/m0/s1. The maximum Gasteiger partial charge on any atom is 0.255 e. The van der Waals surface area contributed by atoms with Gasteiger partial charge in [0.25, 0.3) is 5.91 Å². The van der Waals surface area contributed by atoms with Crippen LogP contribution in [0.2, 0.25) is 0 Å². The zero-order valence-electron chi connectivity index (χ0n) is 21.9. The zero-order valence-corrected chi connectivity index (χ0v) is 21.9. The Labute approximate surface area is 220 Å². The molecule has 0 unspecified atom stereocenters. The molecule has 10 heteroatoms. The fourth-order valence-electron chi connectivity index (χ4n) is 5.02. The van der Waals surface area contributed by atoms with Crippen LogP contribution in [0, 0.1) is 19.8 Å². The molecular formula is C28H34FN5O4. The van der Waals surface area contributed by atoms with Crippen molar-refractivity contribution in [2.75, 3.05) is 6.61 Å². The number of rotatable bonds is 8. The summed E-state index contributed by atoms with van der Waals surface area (Å²) in [5.41, 5.74) is 4.58. The molecule has 0 aliphatic heterocycles. The van der Waals surface area contributed by atoms with Crippen molar-refractivity contribution >= 4 is 22.8 Å². The van der Waals surface area contributed by atoms with Gasteiger partial charge in [0.15, 0.2) is 0 Å². The van der Waals surface area contributed by atoms with E-state index in [9.17, 15) is 19.1 Å². The fourth-order valence-corrected chi connectivity index (χ4v) is 5.02. The third-order valence-electron chi connectivity index (χ3n) is 7.38. The highest BCUT2D eigenvalue weighted by Gasteiger charge is 2.34. The molecular weight excluding hydrogens is 489 g/mol. The minimum atomic E-state index is -1.33. The van der Waals surface area contributed by atoms with Gasteiger partial charge < -0.3 is 25.5 Å². The number of fused-ring (bicyclic) bond motifs is 1. The molecule has 0 spiro atoms. The van der Waals surface area contributed by atoms with Gasteiger partial charge in [0.05, 0.1) is 23.7 Å². The van der Waals surface area contributed by atoms with E-state index in [1.807, 2.05) is 25.1 Å². The lowest BCUT2D eigenvalue weighted by Gasteiger charge is -2.32. The Morgan fingerprint density at radius 2 is 1.97 bits per heavy atom. The number of alkyl halides is 1. The molecule has 202 valence electrons. The quantitative estimate of drug-likeness (QED) is 0.358. The lowest BCUT2D eigenvalue weighted by atomic mass is 9.89. The molecule has 2 saturated carbocycles. The molecule has 0 bridgehead atoms. The topological polar surface area (TPSA) is 129 Å². The average molecular weight is 524 g/mol. The Morgan fingerprint density at radius 1 is 1.18 bits per heavy atom. The van der Waals surface area contributed by atoms with E-state index in [4.69, 9.17) is 4.74 Å². The third-order valence-corrected chi connectivity index (χ3v) is 7.38. The number of amides is 2. The van der Waals surface area contributed by atoms with E-state index < -0.39 is 30.1 Å². The summed E-state index contributed by atoms with van der Waals surface area (Å²) >= 11 is 0. The first-order chi connectivity index (χ1) is 18.2. The summed E-state index contributed by atoms with van der Waals surface area (Å²) < 4.78 is 21.1. The minimum Gasteiger partial charge on any atom is -0.493 e. The van der Waals surface area contributed by atoms with Crippen LogP contribution in [0.4, 0.5) is 4.39 Å². The van der Waals surface area contributed by atoms with Crippen LogP contribution in [-0.4, -0.2) is 62.8 Å². The molecule has 1 aromatic carbocycles. The number of aliphatic hydroxyl groups excluding tert-OH is 1. The first kappa shape index (κ1) is 26.1. The molecule has 0 radical (unpaired) electrons. The van der Waals surface area contributed by atoms with Gasteiger partial charge in [-0.25, -0.2) is 14.4 Å². The van der Waals surface area contributed by atoms with Crippen LogP contribution in [0.25, 0.3) is 22.3 Å². The molecule has 3 aromatic rings. The van der Waals surface area contributed by atoms with E-state index in [1.165, 1.54) is 26.1 Å². The Hall–Kier alpha value is -3.53. The van der Waals surface area contributed by atoms with Gasteiger partial charge in [0.2, 0.25) is 5.91 Å². The highest BCUT2D eigenvalue weighted by molar-refractivity contribution is 6.09. The van der Waals surface area contributed by atoms with E-state index in [2.05, 4.69) is 25.6 Å². The van der Waals surface area contributed by atoms with Crippen LogP contribution < -0.4 is 15.4 Å². The number of aromatic amines is 1. The number of aromatic nitrogens is 3. The Kier molecular flexibility index (Phi) is 7.34. The minimum absolute atomic E-state index is 0.0690. The number of nitrogens with one attached hydrogen (secondary N) is 3. The summed E-state index contributed by atoms with van der Waals surface area (Å²) in [5, 5.41) is 14.9. The molecule has 2 amide bonds. The van der Waals surface area contributed by atoms with Crippen LogP contribution >= 0.6 is 0 Å². The molecule has 9 nitrogen and oxygen atoms in total. The Morgan fingerprint density at radius 3 is 2.68 bits per heavy atom. The van der Waals surface area contributed by atoms with E-state index in [-0.39, 0.29) is 12.5 Å². The fraction of sp³-hybridized carbons (Fsp3) is 0.500. The van der Waals surface area contributed by atoms with Crippen molar-refractivity contribution in [2.24, 2.45) is 5.92 Å². The van der Waals surface area contributed by atoms with Gasteiger partial charge in [0.1, 0.15) is 35.6 Å². The van der Waals surface area contributed by atoms with Crippen LogP contribution in [0.3, 0.4) is 0 Å². The van der Waals surface area contributed by atoms with Gasteiger partial charge in [0, 0.05) is 23.7 Å². The second kappa shape index (κ2) is 10.7. The summed E-state index contributed by atoms with van der Waals surface area (Å²) in [5.74, 6) is 0.401. The van der Waals surface area contributed by atoms with Crippen molar-refractivity contribution in [3.05, 3.63) is 41.3 Å². The number of halogens is 1. The summed E-state index contributed by atoms with van der Waals surface area (Å²) in [6, 6.07) is 4.90. The SMILES string of the molecule is Cc1ccc(OCC2CC2)c(-c2ncnc3c(C(=O)N[C@@H]4CC[C@@H](NC(=O)[C@H](C)O)C[C@H]4F)c(C)[nH]c23)c1. The van der Waals surface area contributed by atoms with Gasteiger partial charge in [-0.3, -0.25) is 9.59 Å². The van der Waals surface area contributed by atoms with E-state index in [0.717, 1.165) is 16.9 Å². The zero-order chi connectivity index (χ0) is 27.0. The molecule has 2 aliphatic carbocycles. The van der Waals surface area contributed by atoms with E-state index in [1.54, 1.807) is 6.92 Å². The molecule has 2 aromatic heterocycles. The summed E-state index contributed by atoms with van der Waals surface area (Å²) in [4.78, 5) is 37.4. The summed E-state index contributed by atoms with van der Waals surface area (Å²) in [6.45, 7) is 5.82. The normalized spacial score (nSPS) is 22.2.